The zero-order valence-corrected chi connectivity index (χ0v) is 32.1. The number of halogens is 1. The van der Waals surface area contributed by atoms with Gasteiger partial charge in [-0.25, -0.2) is 0 Å². The molecule has 0 spiro atoms. The number of allylic oxidation sites excluding steroid dienone is 5. The van der Waals surface area contributed by atoms with Crippen LogP contribution < -0.4 is 14.7 Å². The second kappa shape index (κ2) is 17.9. The van der Waals surface area contributed by atoms with Crippen LogP contribution in [0, 0.1) is 5.92 Å². The summed E-state index contributed by atoms with van der Waals surface area (Å²) in [6, 6.07) is 26.4. The number of rotatable bonds is 12. The second-order valence-corrected chi connectivity index (χ2v) is 15.2. The van der Waals surface area contributed by atoms with Gasteiger partial charge >= 0.3 is 5.97 Å². The lowest BCUT2D eigenvalue weighted by Gasteiger charge is -2.26. The van der Waals surface area contributed by atoms with Crippen LogP contribution in [-0.2, 0) is 20.4 Å². The molecule has 278 valence electrons. The molecule has 3 aromatic rings. The van der Waals surface area contributed by atoms with Gasteiger partial charge in [-0.3, -0.25) is 4.79 Å². The summed E-state index contributed by atoms with van der Waals surface area (Å²) in [5, 5.41) is 19.0. The number of β-amino-alcohol motifs (C(OH)–C–C–N with tert-alkyl or cyclic N) is 1. The Hall–Kier alpha value is -4.68. The number of para-hydroxylation sites is 3. The molecule has 0 bridgehead atoms. The highest BCUT2D eigenvalue weighted by Gasteiger charge is 2.44. The maximum Gasteiger partial charge on any atom is 0.311 e. The Morgan fingerprint density at radius 1 is 0.962 bits per heavy atom. The number of anilines is 1. The maximum absolute atomic E-state index is 12.4. The number of carbonyl (C=O) groups excluding carboxylic acids is 2. The number of hydrogen-bond donors (Lipinski definition) is 1. The van der Waals surface area contributed by atoms with Crippen LogP contribution >= 0.6 is 11.6 Å². The number of aliphatic hydroxyl groups is 1. The molecule has 53 heavy (non-hydrogen) atoms. The number of nitrogens with zero attached hydrogens (tertiary/aromatic N) is 2. The van der Waals surface area contributed by atoms with E-state index in [2.05, 4.69) is 110 Å². The van der Waals surface area contributed by atoms with E-state index in [1.54, 1.807) is 0 Å². The molecule has 2 heterocycles. The van der Waals surface area contributed by atoms with Crippen molar-refractivity contribution in [1.82, 2.24) is 0 Å². The van der Waals surface area contributed by atoms with Crippen LogP contribution in [0.25, 0.3) is 0 Å². The Kier molecular flexibility index (Phi) is 13.3. The van der Waals surface area contributed by atoms with Crippen LogP contribution in [0.3, 0.4) is 0 Å². The fraction of sp³-hybridized carbons (Fsp3) is 0.378. The first kappa shape index (κ1) is 39.5. The highest BCUT2D eigenvalue weighted by molar-refractivity contribution is 6.30. The molecule has 0 saturated carbocycles. The number of hydrogen-bond acceptors (Lipinski definition) is 6. The molecule has 0 fully saturated rings. The van der Waals surface area contributed by atoms with Crippen molar-refractivity contribution in [3.63, 3.8) is 0 Å². The molecule has 1 unspecified atom stereocenters. The first-order chi connectivity index (χ1) is 25.5. The van der Waals surface area contributed by atoms with Gasteiger partial charge in [-0.1, -0.05) is 78.7 Å². The van der Waals surface area contributed by atoms with Crippen LogP contribution in [-0.4, -0.2) is 47.5 Å². The first-order valence-electron chi connectivity index (χ1n) is 18.6. The van der Waals surface area contributed by atoms with Crippen molar-refractivity contribution in [3.8, 4) is 5.75 Å². The molecular weight excluding hydrogens is 684 g/mol. The van der Waals surface area contributed by atoms with E-state index in [4.69, 9.17) is 26.2 Å². The van der Waals surface area contributed by atoms with Crippen molar-refractivity contribution in [2.45, 2.75) is 83.5 Å². The van der Waals surface area contributed by atoms with Crippen LogP contribution in [0.5, 0.6) is 5.75 Å². The lowest BCUT2D eigenvalue weighted by atomic mass is 9.81. The summed E-state index contributed by atoms with van der Waals surface area (Å²) in [7, 11) is 0. The number of esters is 1. The number of ether oxygens (including phenoxy) is 1. The summed E-state index contributed by atoms with van der Waals surface area (Å²) in [6.45, 7) is 10.1. The minimum Gasteiger partial charge on any atom is -0.554 e. The molecule has 1 atom stereocenters. The molecule has 7 nitrogen and oxygen atoms in total. The number of fused-ring (bicyclic) bond motifs is 2. The van der Waals surface area contributed by atoms with Crippen LogP contribution in [0.4, 0.5) is 11.4 Å². The molecule has 2 aliphatic heterocycles. The maximum atomic E-state index is 12.4. The molecular formula is C45H51ClN2O5. The fourth-order valence-corrected chi connectivity index (χ4v) is 8.19. The van der Waals surface area contributed by atoms with E-state index in [-0.39, 0.29) is 29.3 Å². The number of carboxylic acid groups (broad SMARTS) is 1. The van der Waals surface area contributed by atoms with E-state index in [0.717, 1.165) is 61.5 Å². The van der Waals surface area contributed by atoms with Crippen molar-refractivity contribution in [2.24, 2.45) is 5.92 Å². The normalized spacial score (nSPS) is 18.3. The molecule has 3 aliphatic rings. The quantitative estimate of drug-likeness (QED) is 0.0503. The van der Waals surface area contributed by atoms with Gasteiger partial charge in [0.05, 0.1) is 11.1 Å². The Labute approximate surface area is 319 Å². The van der Waals surface area contributed by atoms with Gasteiger partial charge in [0.25, 0.3) is 0 Å². The third-order valence-corrected chi connectivity index (χ3v) is 11.1. The van der Waals surface area contributed by atoms with Gasteiger partial charge in [0, 0.05) is 59.2 Å². The van der Waals surface area contributed by atoms with Gasteiger partial charge in [-0.15, -0.1) is 5.73 Å². The summed E-state index contributed by atoms with van der Waals surface area (Å²) < 4.78 is 7.72. The topological polar surface area (TPSA) is 92.9 Å². The Morgan fingerprint density at radius 2 is 1.64 bits per heavy atom. The zero-order chi connectivity index (χ0) is 38.0. The Balaban J connectivity index is 0.00000175. The summed E-state index contributed by atoms with van der Waals surface area (Å²) in [4.78, 5) is 23.0. The van der Waals surface area contributed by atoms with Crippen LogP contribution in [0.15, 0.2) is 119 Å². The lowest BCUT2D eigenvalue weighted by molar-refractivity contribution is -0.441. The molecule has 6 rings (SSSR count). The number of benzene rings is 3. The molecule has 1 aliphatic carbocycles. The lowest BCUT2D eigenvalue weighted by Crippen LogP contribution is -2.28. The van der Waals surface area contributed by atoms with Gasteiger partial charge in [0.15, 0.2) is 12.3 Å². The predicted octanol–water partition coefficient (Wildman–Crippen LogP) is 8.27. The first-order valence-corrected chi connectivity index (χ1v) is 19.0. The summed E-state index contributed by atoms with van der Waals surface area (Å²) in [5.74, 6) is 0.511. The average Bonchev–Trinajstić information content (AvgIpc) is 3.49. The molecule has 0 aromatic heterocycles. The van der Waals surface area contributed by atoms with Crippen molar-refractivity contribution in [1.29, 1.82) is 0 Å². The van der Waals surface area contributed by atoms with Crippen molar-refractivity contribution in [2.75, 3.05) is 24.6 Å². The standard InChI is InChI=1S/C44H50ClN2O3.CH2O2/c1-43(2)35-20-10-12-22-37(35)46(29-14-6-9-24-41(49)50-34-18-7-5-8-19-34)39(43)27-25-32-16-15-17-33(42(32)45)26-28-40-44(3,4)36-21-11-13-23-38(36)47(40)30-31-48;2-1-3/h5,7-8,10-13,18-23,25-26,28,32,48H,6,9,14-17,24,29-31H2,1-4H3;1H,(H,2,3)/q+1;/p-1/b28-26+;. The minimum absolute atomic E-state index is 0.0906. The predicted molar refractivity (Wildman–Crippen MR) is 211 cm³/mol. The highest BCUT2D eigenvalue weighted by Crippen LogP contribution is 2.47. The van der Waals surface area contributed by atoms with Gasteiger partial charge < -0.3 is 24.6 Å². The summed E-state index contributed by atoms with van der Waals surface area (Å²) in [5.41, 5.74) is 11.9. The third-order valence-electron chi connectivity index (χ3n) is 10.5. The molecule has 0 amide bonds. The smallest absolute Gasteiger partial charge is 0.311 e. The molecule has 8 heteroatoms. The number of aliphatic hydroxyl groups excluding tert-OH is 1. The van der Waals surface area contributed by atoms with E-state index < -0.39 is 6.47 Å². The van der Waals surface area contributed by atoms with Crippen molar-refractivity contribution >= 4 is 41.1 Å². The second-order valence-electron chi connectivity index (χ2n) is 14.8. The van der Waals surface area contributed by atoms with Crippen molar-refractivity contribution in [3.05, 3.63) is 130 Å². The molecule has 0 saturated heterocycles. The summed E-state index contributed by atoms with van der Waals surface area (Å²) >= 11 is 7.20. The number of unbranched alkanes of at least 4 members (excludes halogenated alkanes) is 2. The van der Waals surface area contributed by atoms with E-state index in [1.807, 2.05) is 30.3 Å². The number of carbonyl (C=O) groups is 2. The van der Waals surface area contributed by atoms with Gasteiger partial charge in [-0.2, -0.15) is 4.58 Å². The van der Waals surface area contributed by atoms with E-state index >= 15 is 0 Å². The van der Waals surface area contributed by atoms with Crippen LogP contribution in [0.2, 0.25) is 0 Å². The minimum atomic E-state index is -0.500. The summed E-state index contributed by atoms with van der Waals surface area (Å²) in [6.07, 6.45) is 12.7. The molecule has 0 radical (unpaired) electrons. The van der Waals surface area contributed by atoms with Gasteiger partial charge in [0.2, 0.25) is 5.69 Å². The highest BCUT2D eigenvalue weighted by atomic mass is 35.5. The average molecular weight is 735 g/mol. The van der Waals surface area contributed by atoms with Gasteiger partial charge in [0.1, 0.15) is 12.4 Å². The SMILES string of the molecule is CC1(C)C(=C=CC2CCCC(/C=C/C3=[N+](CCO)c4ccccc4C3(C)C)=C2Cl)N(CCCCCC(=O)Oc2ccccc2)c2ccccc21.O=C[O-]. The van der Waals surface area contributed by atoms with Crippen LogP contribution in [0.1, 0.15) is 83.8 Å². The van der Waals surface area contributed by atoms with E-state index in [9.17, 15) is 9.90 Å². The third kappa shape index (κ3) is 8.93. The van der Waals surface area contributed by atoms with Crippen molar-refractivity contribution < 1.29 is 29.1 Å². The van der Waals surface area contributed by atoms with E-state index in [1.165, 1.54) is 28.1 Å². The Bertz CT molecular complexity index is 1930. The molecule has 1 N–H and O–H groups in total. The largest absolute Gasteiger partial charge is 0.554 e. The molecule has 3 aromatic carbocycles. The zero-order valence-electron chi connectivity index (χ0n) is 31.3. The Morgan fingerprint density at radius 3 is 2.38 bits per heavy atom. The van der Waals surface area contributed by atoms with Gasteiger partial charge in [-0.05, 0) is 95.2 Å². The monoisotopic (exact) mass is 734 g/mol. The fourth-order valence-electron chi connectivity index (χ4n) is 7.86. The van der Waals surface area contributed by atoms with E-state index in [0.29, 0.717) is 18.7 Å².